The first-order chi connectivity index (χ1) is 29.9. The molecule has 0 radical (unpaired) electrons. The van der Waals surface area contributed by atoms with Crippen molar-refractivity contribution in [3.63, 3.8) is 0 Å². The maximum Gasteiger partial charge on any atom is 0.178 e. The first-order valence-corrected chi connectivity index (χ1v) is 20.5. The van der Waals surface area contributed by atoms with Crippen LogP contribution in [0.25, 0.3) is 11.1 Å². The predicted octanol–water partition coefficient (Wildman–Crippen LogP) is 13.0. The van der Waals surface area contributed by atoms with Gasteiger partial charge in [0.05, 0.1) is 23.7 Å². The van der Waals surface area contributed by atoms with Gasteiger partial charge in [-0.3, -0.25) is 4.99 Å². The number of allylic oxidation sites excluding steroid dienone is 12. The van der Waals surface area contributed by atoms with Crippen LogP contribution >= 0.6 is 0 Å². The molecule has 308 valence electrons. The summed E-state index contributed by atoms with van der Waals surface area (Å²) < 4.78 is 0. The molecule has 6 heteroatoms. The van der Waals surface area contributed by atoms with Crippen molar-refractivity contribution >= 4 is 29.7 Å². The van der Waals surface area contributed by atoms with Gasteiger partial charge >= 0.3 is 0 Å². The minimum absolute atomic E-state index is 0.368. The van der Waals surface area contributed by atoms with Gasteiger partial charge in [0.2, 0.25) is 0 Å². The summed E-state index contributed by atoms with van der Waals surface area (Å²) in [5.74, 6) is 6.28. The number of nitrogens with two attached hydrogens (primary N) is 1. The van der Waals surface area contributed by atoms with E-state index in [0.29, 0.717) is 37.2 Å². The van der Waals surface area contributed by atoms with Crippen LogP contribution in [0.15, 0.2) is 243 Å². The molecule has 4 aromatic carbocycles. The molecular weight excluding hydrogens is 745 g/mol. The second kappa shape index (κ2) is 26.6. The van der Waals surface area contributed by atoms with Crippen molar-refractivity contribution in [1.29, 1.82) is 0 Å². The van der Waals surface area contributed by atoms with Gasteiger partial charge in [-0.2, -0.15) is 15.3 Å². The number of hydrazone groups is 1. The molecule has 0 unspecified atom stereocenters. The van der Waals surface area contributed by atoms with Crippen molar-refractivity contribution in [3.05, 3.63) is 240 Å². The topological polar surface area (TPSA) is 87.8 Å². The lowest BCUT2D eigenvalue weighted by Crippen LogP contribution is -2.16. The van der Waals surface area contributed by atoms with Crippen LogP contribution in [0.4, 0.5) is 0 Å². The highest BCUT2D eigenvalue weighted by molar-refractivity contribution is 6.48. The van der Waals surface area contributed by atoms with Gasteiger partial charge in [-0.1, -0.05) is 201 Å². The lowest BCUT2D eigenvalue weighted by molar-refractivity contribution is 1.16. The normalized spacial score (nSPS) is 13.5. The van der Waals surface area contributed by atoms with Crippen molar-refractivity contribution < 1.29 is 0 Å². The Morgan fingerprint density at radius 2 is 1.21 bits per heavy atom. The molecule has 0 heterocycles. The Morgan fingerprint density at radius 3 is 1.80 bits per heavy atom. The summed E-state index contributed by atoms with van der Waals surface area (Å²) in [4.78, 5) is 9.97. The van der Waals surface area contributed by atoms with Crippen LogP contribution in [0.2, 0.25) is 0 Å². The number of nitrogens with zero attached hydrogens (tertiary/aromatic N) is 5. The molecule has 0 aromatic heterocycles. The molecule has 0 aliphatic heterocycles. The maximum atomic E-state index is 5.91. The van der Waals surface area contributed by atoms with Gasteiger partial charge in [0.1, 0.15) is 0 Å². The fraction of sp³-hybridized carbons (Fsp3) is 0.145. The molecule has 0 amide bonds. The lowest BCUT2D eigenvalue weighted by atomic mass is 9.92. The van der Waals surface area contributed by atoms with E-state index in [1.165, 1.54) is 22.3 Å². The standard InChI is InChI=1S/C55H58N6/c1-7-10-12-20-40-52(61-57-6)54(49-34-18-14-19-35-49)58-42-45(9-3)29-26-37-47-31-22-24-39-51(47)50-38-23-21-30-46(50)36-25-28-44(5)55(60-56)59-53(48-32-16-13-17-33-48)41-43(4)27-15-11-8-2/h7-35,38-39H,4-6,36-37,40-42,56H2,1-3H3/b10-7-,11-8-,20-12-,27-15-,28-25-,29-26-,45-9+,58-54-,59-53+,60-55-,61-52-. The van der Waals surface area contributed by atoms with Gasteiger partial charge in [-0.25, -0.2) is 4.99 Å². The molecule has 2 N–H and O–H groups in total. The van der Waals surface area contributed by atoms with Crippen LogP contribution in [-0.4, -0.2) is 36.2 Å². The van der Waals surface area contributed by atoms with E-state index in [-0.39, 0.29) is 0 Å². The summed E-state index contributed by atoms with van der Waals surface area (Å²) in [5.41, 5.74) is 11.8. The molecule has 0 aliphatic carbocycles. The smallest absolute Gasteiger partial charge is 0.178 e. The third-order valence-corrected chi connectivity index (χ3v) is 9.49. The zero-order valence-corrected chi connectivity index (χ0v) is 35.9. The average Bonchev–Trinajstić information content (AvgIpc) is 3.29. The number of benzene rings is 4. The summed E-state index contributed by atoms with van der Waals surface area (Å²) in [6.45, 7) is 18.6. The van der Waals surface area contributed by atoms with E-state index in [9.17, 15) is 0 Å². The van der Waals surface area contributed by atoms with Gasteiger partial charge in [-0.15, -0.1) is 0 Å². The second-order valence-corrected chi connectivity index (χ2v) is 13.9. The van der Waals surface area contributed by atoms with Crippen LogP contribution in [0, 0.1) is 0 Å². The van der Waals surface area contributed by atoms with Gasteiger partial charge < -0.3 is 5.84 Å². The summed E-state index contributed by atoms with van der Waals surface area (Å²) in [5, 5.41) is 12.3. The largest absolute Gasteiger partial charge is 0.321 e. The number of hydrogen-bond donors (Lipinski definition) is 1. The molecule has 0 fully saturated rings. The summed E-state index contributed by atoms with van der Waals surface area (Å²) >= 11 is 0. The number of amidine groups is 1. The molecule has 0 saturated heterocycles. The van der Waals surface area contributed by atoms with E-state index in [1.807, 2.05) is 130 Å². The highest BCUT2D eigenvalue weighted by atomic mass is 15.2. The van der Waals surface area contributed by atoms with Crippen LogP contribution in [0.3, 0.4) is 0 Å². The third-order valence-electron chi connectivity index (χ3n) is 9.49. The van der Waals surface area contributed by atoms with Crippen molar-refractivity contribution in [2.75, 3.05) is 6.54 Å². The highest BCUT2D eigenvalue weighted by Crippen LogP contribution is 2.29. The first-order valence-electron chi connectivity index (χ1n) is 20.5. The van der Waals surface area contributed by atoms with Gasteiger partial charge in [-0.05, 0) is 72.6 Å². The number of hydrogen-bond acceptors (Lipinski definition) is 5. The Morgan fingerprint density at radius 1 is 0.639 bits per heavy atom. The van der Waals surface area contributed by atoms with E-state index in [1.54, 1.807) is 0 Å². The summed E-state index contributed by atoms with van der Waals surface area (Å²) in [7, 11) is 0. The molecule has 4 aromatic rings. The Hall–Kier alpha value is -7.31. The monoisotopic (exact) mass is 802 g/mol. The summed E-state index contributed by atoms with van der Waals surface area (Å²) in [6.07, 6.45) is 29.0. The Bertz CT molecular complexity index is 2410. The zero-order valence-electron chi connectivity index (χ0n) is 35.9. The van der Waals surface area contributed by atoms with Crippen molar-refractivity contribution in [1.82, 2.24) is 0 Å². The molecule has 61 heavy (non-hydrogen) atoms. The molecular formula is C55H58N6. The highest BCUT2D eigenvalue weighted by Gasteiger charge is 2.13. The molecule has 0 saturated carbocycles. The van der Waals surface area contributed by atoms with E-state index in [0.717, 1.165) is 45.8 Å². The van der Waals surface area contributed by atoms with E-state index in [4.69, 9.17) is 15.8 Å². The van der Waals surface area contributed by atoms with Crippen molar-refractivity contribution in [3.8, 4) is 11.1 Å². The fourth-order valence-electron chi connectivity index (χ4n) is 6.38. The number of rotatable bonds is 21. The second-order valence-electron chi connectivity index (χ2n) is 13.9. The Balaban J connectivity index is 1.52. The molecule has 0 spiro atoms. The maximum absolute atomic E-state index is 5.91. The molecule has 0 atom stereocenters. The predicted molar refractivity (Wildman–Crippen MR) is 266 cm³/mol. The van der Waals surface area contributed by atoms with E-state index in [2.05, 4.69) is 114 Å². The van der Waals surface area contributed by atoms with E-state index < -0.39 is 0 Å². The van der Waals surface area contributed by atoms with Crippen LogP contribution in [0.1, 0.15) is 55.9 Å². The molecule has 4 rings (SSSR count). The van der Waals surface area contributed by atoms with E-state index >= 15 is 0 Å². The number of aliphatic imine (C=N–C) groups is 2. The Labute approximate surface area is 363 Å². The van der Waals surface area contributed by atoms with Crippen LogP contribution in [-0.2, 0) is 12.8 Å². The Kier molecular flexibility index (Phi) is 20.3. The van der Waals surface area contributed by atoms with Crippen LogP contribution < -0.4 is 5.84 Å². The molecule has 6 nitrogen and oxygen atoms in total. The average molecular weight is 803 g/mol. The lowest BCUT2D eigenvalue weighted by Gasteiger charge is -2.13. The zero-order chi connectivity index (χ0) is 43.5. The fourth-order valence-corrected chi connectivity index (χ4v) is 6.38. The first kappa shape index (κ1) is 46.4. The molecule has 0 bridgehead atoms. The van der Waals surface area contributed by atoms with Crippen LogP contribution in [0.5, 0.6) is 0 Å². The summed E-state index contributed by atoms with van der Waals surface area (Å²) in [6, 6.07) is 37.2. The van der Waals surface area contributed by atoms with Crippen molar-refractivity contribution in [2.45, 2.75) is 46.5 Å². The van der Waals surface area contributed by atoms with Gasteiger partial charge in [0, 0.05) is 30.7 Å². The van der Waals surface area contributed by atoms with Gasteiger partial charge in [0.25, 0.3) is 0 Å². The SMILES string of the molecule is C=N/N=C(C/C=C\C=C/C)\C(=N/CC(/C=C\Cc1ccccc1-c1ccccc1C/C=C\C(=C)C(=N/N)/N=C(\CC(=C)/C=C\C=C/C)c1ccccc1)=C/C)c1ccccc1. The van der Waals surface area contributed by atoms with Gasteiger partial charge in [0.15, 0.2) is 5.84 Å². The minimum Gasteiger partial charge on any atom is -0.321 e. The third kappa shape index (κ3) is 15.4. The minimum atomic E-state index is 0.368. The molecule has 0 aliphatic rings. The van der Waals surface area contributed by atoms with Crippen molar-refractivity contribution in [2.24, 2.45) is 31.1 Å². The quantitative estimate of drug-likeness (QED) is 0.0294.